The third kappa shape index (κ3) is 1.03. The lowest BCUT2D eigenvalue weighted by Crippen LogP contribution is -2.56. The van der Waals surface area contributed by atoms with E-state index >= 15 is 0 Å². The van der Waals surface area contributed by atoms with Crippen LogP contribution in [0.4, 0.5) is 0 Å². The van der Waals surface area contributed by atoms with Crippen molar-refractivity contribution in [2.24, 2.45) is 0 Å². The van der Waals surface area contributed by atoms with E-state index in [4.69, 9.17) is 4.74 Å². The maximum absolute atomic E-state index is 11.7. The van der Waals surface area contributed by atoms with E-state index < -0.39 is 5.60 Å². The molecule has 1 amide bonds. The normalized spacial score (nSPS) is 36.4. The average molecular weight is 170 g/mol. The van der Waals surface area contributed by atoms with Crippen molar-refractivity contribution in [2.45, 2.75) is 12.0 Å². The molecular weight excluding hydrogens is 156 g/mol. The maximum Gasteiger partial charge on any atom is 0.256 e. The smallest absolute Gasteiger partial charge is 0.256 e. The standard InChI is InChI=1S/C8H14N2O2/c1-10-4-5-12-8(7(10)11)2-3-9-6-8/h9H,2-6H2,1H3/t8-/m0/s1. The highest BCUT2D eigenvalue weighted by Crippen LogP contribution is 2.25. The van der Waals surface area contributed by atoms with Crippen molar-refractivity contribution in [1.29, 1.82) is 0 Å². The first-order valence-corrected chi connectivity index (χ1v) is 4.35. The van der Waals surface area contributed by atoms with Gasteiger partial charge in [-0.05, 0) is 13.0 Å². The summed E-state index contributed by atoms with van der Waals surface area (Å²) in [5, 5.41) is 3.16. The number of carbonyl (C=O) groups is 1. The highest BCUT2D eigenvalue weighted by atomic mass is 16.5. The molecule has 0 bridgehead atoms. The molecule has 1 atom stereocenters. The molecule has 1 spiro atoms. The van der Waals surface area contributed by atoms with E-state index in [2.05, 4.69) is 5.32 Å². The Balaban J connectivity index is 2.17. The summed E-state index contributed by atoms with van der Waals surface area (Å²) in [5.41, 5.74) is -0.521. The molecule has 4 nitrogen and oxygen atoms in total. The molecule has 2 fully saturated rings. The molecule has 0 aliphatic carbocycles. The molecule has 12 heavy (non-hydrogen) atoms. The van der Waals surface area contributed by atoms with Gasteiger partial charge in [0.1, 0.15) is 0 Å². The summed E-state index contributed by atoms with van der Waals surface area (Å²) in [5.74, 6) is 0.138. The molecular formula is C8H14N2O2. The van der Waals surface area contributed by atoms with Crippen LogP contribution in [0, 0.1) is 0 Å². The molecule has 2 heterocycles. The van der Waals surface area contributed by atoms with Gasteiger partial charge in [-0.15, -0.1) is 0 Å². The van der Waals surface area contributed by atoms with E-state index in [1.165, 1.54) is 0 Å². The van der Waals surface area contributed by atoms with Crippen LogP contribution in [0.3, 0.4) is 0 Å². The van der Waals surface area contributed by atoms with E-state index in [9.17, 15) is 4.79 Å². The number of amides is 1. The van der Waals surface area contributed by atoms with Crippen LogP contribution in [0.5, 0.6) is 0 Å². The fourth-order valence-corrected chi connectivity index (χ4v) is 1.86. The van der Waals surface area contributed by atoms with Crippen molar-refractivity contribution in [2.75, 3.05) is 33.3 Å². The van der Waals surface area contributed by atoms with Gasteiger partial charge < -0.3 is 15.0 Å². The number of carbonyl (C=O) groups excluding carboxylic acids is 1. The minimum absolute atomic E-state index is 0.138. The Morgan fingerprint density at radius 2 is 2.50 bits per heavy atom. The Labute approximate surface area is 71.9 Å². The zero-order chi connectivity index (χ0) is 8.60. The van der Waals surface area contributed by atoms with Crippen LogP contribution in [0.25, 0.3) is 0 Å². The van der Waals surface area contributed by atoms with Gasteiger partial charge in [0.2, 0.25) is 0 Å². The molecule has 1 N–H and O–H groups in total. The third-order valence-corrected chi connectivity index (χ3v) is 2.66. The second kappa shape index (κ2) is 2.71. The summed E-state index contributed by atoms with van der Waals surface area (Å²) in [6.45, 7) is 2.96. The molecule has 2 aliphatic heterocycles. The number of hydrogen-bond acceptors (Lipinski definition) is 3. The van der Waals surface area contributed by atoms with Gasteiger partial charge in [0.15, 0.2) is 5.60 Å². The molecule has 68 valence electrons. The van der Waals surface area contributed by atoms with E-state index in [-0.39, 0.29) is 5.91 Å². The Bertz CT molecular complexity index is 199. The van der Waals surface area contributed by atoms with Crippen molar-refractivity contribution in [1.82, 2.24) is 10.2 Å². The van der Waals surface area contributed by atoms with Crippen molar-refractivity contribution < 1.29 is 9.53 Å². The summed E-state index contributed by atoms with van der Waals surface area (Å²) in [4.78, 5) is 13.5. The van der Waals surface area contributed by atoms with Gasteiger partial charge >= 0.3 is 0 Å². The number of morpholine rings is 1. The molecule has 0 unspecified atom stereocenters. The van der Waals surface area contributed by atoms with E-state index in [0.29, 0.717) is 13.2 Å². The van der Waals surface area contributed by atoms with E-state index in [1.807, 2.05) is 7.05 Å². The first-order valence-electron chi connectivity index (χ1n) is 4.35. The van der Waals surface area contributed by atoms with Crippen molar-refractivity contribution in [3.8, 4) is 0 Å². The fraction of sp³-hybridized carbons (Fsp3) is 0.875. The van der Waals surface area contributed by atoms with Crippen LogP contribution >= 0.6 is 0 Å². The Kier molecular flexibility index (Phi) is 1.81. The Hall–Kier alpha value is -0.610. The quantitative estimate of drug-likeness (QED) is 0.518. The van der Waals surface area contributed by atoms with Gasteiger partial charge in [-0.25, -0.2) is 0 Å². The van der Waals surface area contributed by atoms with E-state index in [1.54, 1.807) is 4.90 Å². The van der Waals surface area contributed by atoms with Gasteiger partial charge in [-0.2, -0.15) is 0 Å². The van der Waals surface area contributed by atoms with Crippen LogP contribution in [-0.4, -0.2) is 49.7 Å². The zero-order valence-electron chi connectivity index (χ0n) is 7.30. The van der Waals surface area contributed by atoms with Gasteiger partial charge in [-0.3, -0.25) is 4.79 Å². The van der Waals surface area contributed by atoms with Crippen LogP contribution < -0.4 is 5.32 Å². The molecule has 0 saturated carbocycles. The molecule has 4 heteroatoms. The summed E-state index contributed by atoms with van der Waals surface area (Å²) >= 11 is 0. The van der Waals surface area contributed by atoms with Crippen molar-refractivity contribution in [3.05, 3.63) is 0 Å². The number of hydrogen-bond donors (Lipinski definition) is 1. The Morgan fingerprint density at radius 1 is 1.67 bits per heavy atom. The maximum atomic E-state index is 11.7. The average Bonchev–Trinajstić information content (AvgIpc) is 2.50. The number of nitrogens with zero attached hydrogens (tertiary/aromatic N) is 1. The van der Waals surface area contributed by atoms with Crippen LogP contribution in [0.15, 0.2) is 0 Å². The summed E-state index contributed by atoms with van der Waals surface area (Å²) < 4.78 is 5.56. The highest BCUT2D eigenvalue weighted by Gasteiger charge is 2.46. The summed E-state index contributed by atoms with van der Waals surface area (Å²) in [6.07, 6.45) is 0.816. The van der Waals surface area contributed by atoms with Crippen molar-refractivity contribution in [3.63, 3.8) is 0 Å². The molecule has 0 aromatic heterocycles. The number of nitrogens with one attached hydrogen (secondary N) is 1. The summed E-state index contributed by atoms with van der Waals surface area (Å²) in [6, 6.07) is 0. The first kappa shape index (κ1) is 8.01. The van der Waals surface area contributed by atoms with Gasteiger partial charge in [-0.1, -0.05) is 0 Å². The predicted octanol–water partition coefficient (Wildman–Crippen LogP) is -0.793. The van der Waals surface area contributed by atoms with Crippen LogP contribution in [0.2, 0.25) is 0 Å². The molecule has 2 saturated heterocycles. The first-order chi connectivity index (χ1) is 5.75. The van der Waals surface area contributed by atoms with Gasteiger partial charge in [0, 0.05) is 20.1 Å². The van der Waals surface area contributed by atoms with Crippen LogP contribution in [0.1, 0.15) is 6.42 Å². The summed E-state index contributed by atoms with van der Waals surface area (Å²) in [7, 11) is 1.84. The minimum atomic E-state index is -0.521. The molecule has 2 rings (SSSR count). The topological polar surface area (TPSA) is 41.6 Å². The Morgan fingerprint density at radius 3 is 3.17 bits per heavy atom. The highest BCUT2D eigenvalue weighted by molar-refractivity contribution is 5.86. The van der Waals surface area contributed by atoms with E-state index in [0.717, 1.165) is 19.5 Å². The SMILES string of the molecule is CN1CCO[C@]2(CCNC2)C1=O. The minimum Gasteiger partial charge on any atom is -0.362 e. The third-order valence-electron chi connectivity index (χ3n) is 2.66. The lowest BCUT2D eigenvalue weighted by atomic mass is 10.00. The lowest BCUT2D eigenvalue weighted by Gasteiger charge is -2.36. The molecule has 2 aliphatic rings. The fourth-order valence-electron chi connectivity index (χ4n) is 1.86. The molecule has 0 aromatic carbocycles. The predicted molar refractivity (Wildman–Crippen MR) is 43.8 cm³/mol. The molecule has 0 aromatic rings. The van der Waals surface area contributed by atoms with Gasteiger partial charge in [0.25, 0.3) is 5.91 Å². The zero-order valence-corrected chi connectivity index (χ0v) is 7.30. The largest absolute Gasteiger partial charge is 0.362 e. The monoisotopic (exact) mass is 170 g/mol. The van der Waals surface area contributed by atoms with Crippen molar-refractivity contribution >= 4 is 5.91 Å². The second-order valence-electron chi connectivity index (χ2n) is 3.50. The number of rotatable bonds is 0. The number of likely N-dealkylation sites (N-methyl/N-ethyl adjacent to an activating group) is 1. The molecule has 0 radical (unpaired) electrons. The van der Waals surface area contributed by atoms with Crippen LogP contribution in [-0.2, 0) is 9.53 Å². The number of ether oxygens (including phenoxy) is 1. The van der Waals surface area contributed by atoms with Gasteiger partial charge in [0.05, 0.1) is 6.61 Å². The second-order valence-corrected chi connectivity index (χ2v) is 3.50. The lowest BCUT2D eigenvalue weighted by molar-refractivity contribution is -0.166.